The van der Waals surface area contributed by atoms with Crippen LogP contribution in [0, 0.1) is 18.3 Å². The van der Waals surface area contributed by atoms with Crippen molar-refractivity contribution in [2.75, 3.05) is 11.9 Å². The maximum atomic E-state index is 11.4. The van der Waals surface area contributed by atoms with Gasteiger partial charge < -0.3 is 14.8 Å². The maximum Gasteiger partial charge on any atom is 0.302 e. The van der Waals surface area contributed by atoms with Gasteiger partial charge in [0.15, 0.2) is 0 Å². The van der Waals surface area contributed by atoms with E-state index in [1.165, 1.54) is 19.8 Å². The highest BCUT2D eigenvalue weighted by molar-refractivity contribution is 5.66. The Balaban J connectivity index is 1.82. The maximum absolute atomic E-state index is 11.4. The number of esters is 1. The van der Waals surface area contributed by atoms with E-state index in [-0.39, 0.29) is 24.7 Å². The lowest BCUT2D eigenvalue weighted by molar-refractivity contribution is -0.141. The van der Waals surface area contributed by atoms with Gasteiger partial charge in [0.1, 0.15) is 12.4 Å². The van der Waals surface area contributed by atoms with Crippen molar-refractivity contribution in [2.24, 2.45) is 0 Å². The van der Waals surface area contributed by atoms with E-state index in [0.717, 1.165) is 35.4 Å². The fourth-order valence-corrected chi connectivity index (χ4v) is 3.51. The van der Waals surface area contributed by atoms with Gasteiger partial charge in [0, 0.05) is 12.6 Å². The Labute approximate surface area is 166 Å². The van der Waals surface area contributed by atoms with E-state index in [1.807, 2.05) is 31.2 Å². The zero-order valence-electron chi connectivity index (χ0n) is 16.4. The molecule has 146 valence electrons. The molecule has 1 aliphatic carbocycles. The van der Waals surface area contributed by atoms with Gasteiger partial charge in [0.05, 0.1) is 23.8 Å². The van der Waals surface area contributed by atoms with Gasteiger partial charge in [-0.3, -0.25) is 4.79 Å². The predicted octanol–water partition coefficient (Wildman–Crippen LogP) is 4.90. The first kappa shape index (κ1) is 19.8. The van der Waals surface area contributed by atoms with E-state index in [9.17, 15) is 4.79 Å². The van der Waals surface area contributed by atoms with E-state index in [0.29, 0.717) is 5.56 Å². The predicted molar refractivity (Wildman–Crippen MR) is 108 cm³/mol. The van der Waals surface area contributed by atoms with Gasteiger partial charge in [-0.15, -0.1) is 0 Å². The molecular formula is C23H26N2O3. The zero-order chi connectivity index (χ0) is 19.9. The molecule has 0 aromatic heterocycles. The van der Waals surface area contributed by atoms with Crippen LogP contribution in [0.1, 0.15) is 55.3 Å². The number of nitrogens with zero attached hydrogens (tertiary/aromatic N) is 1. The van der Waals surface area contributed by atoms with Gasteiger partial charge in [-0.05, 0) is 80.1 Å². The summed E-state index contributed by atoms with van der Waals surface area (Å²) >= 11 is 0. The summed E-state index contributed by atoms with van der Waals surface area (Å²) in [6, 6.07) is 15.3. The van der Waals surface area contributed by atoms with Gasteiger partial charge in [-0.2, -0.15) is 5.26 Å². The van der Waals surface area contributed by atoms with Gasteiger partial charge in [0.25, 0.3) is 0 Å². The summed E-state index contributed by atoms with van der Waals surface area (Å²) in [4.78, 5) is 11.4. The van der Waals surface area contributed by atoms with Crippen LogP contribution in [0.5, 0.6) is 5.75 Å². The molecule has 1 fully saturated rings. The Kier molecular flexibility index (Phi) is 6.54. The smallest absolute Gasteiger partial charge is 0.302 e. The van der Waals surface area contributed by atoms with E-state index in [1.54, 1.807) is 12.1 Å². The van der Waals surface area contributed by atoms with Crippen LogP contribution < -0.4 is 10.1 Å². The van der Waals surface area contributed by atoms with Gasteiger partial charge in [-0.25, -0.2) is 0 Å². The fourth-order valence-electron chi connectivity index (χ4n) is 3.51. The minimum Gasteiger partial charge on any atom is -0.490 e. The van der Waals surface area contributed by atoms with Crippen molar-refractivity contribution in [2.45, 2.75) is 51.7 Å². The van der Waals surface area contributed by atoms with Crippen LogP contribution in [0.2, 0.25) is 0 Å². The molecule has 0 spiro atoms. The summed E-state index contributed by atoms with van der Waals surface area (Å²) in [6.07, 6.45) is 4.93. The first-order valence-electron chi connectivity index (χ1n) is 9.72. The van der Waals surface area contributed by atoms with E-state index in [2.05, 4.69) is 17.5 Å². The highest BCUT2D eigenvalue weighted by Gasteiger charge is 2.19. The Morgan fingerprint density at radius 3 is 2.57 bits per heavy atom. The lowest BCUT2D eigenvalue weighted by Gasteiger charge is -2.22. The molecule has 0 saturated heterocycles. The van der Waals surface area contributed by atoms with Crippen molar-refractivity contribution < 1.29 is 14.3 Å². The van der Waals surface area contributed by atoms with Crippen LogP contribution in [-0.4, -0.2) is 18.7 Å². The van der Waals surface area contributed by atoms with Gasteiger partial charge in [-0.1, -0.05) is 6.07 Å². The Morgan fingerprint density at radius 2 is 1.93 bits per heavy atom. The van der Waals surface area contributed by atoms with Crippen molar-refractivity contribution in [1.82, 2.24) is 0 Å². The molecule has 28 heavy (non-hydrogen) atoms. The highest BCUT2D eigenvalue weighted by atomic mass is 16.5. The molecule has 0 heterocycles. The topological polar surface area (TPSA) is 71.3 Å². The average molecular weight is 378 g/mol. The van der Waals surface area contributed by atoms with Crippen LogP contribution in [-0.2, 0) is 9.53 Å². The van der Waals surface area contributed by atoms with Crippen molar-refractivity contribution in [3.05, 3.63) is 59.2 Å². The summed E-state index contributed by atoms with van der Waals surface area (Å²) in [5.74, 6) is 0.540. The largest absolute Gasteiger partial charge is 0.490 e. The molecule has 1 aliphatic rings. The number of nitriles is 1. The number of hydrogen-bond donors (Lipinski definition) is 1. The number of nitrogens with one attached hydrogen (secondary N) is 1. The molecule has 1 atom stereocenters. The molecule has 2 aromatic carbocycles. The summed E-state index contributed by atoms with van der Waals surface area (Å²) in [6.45, 7) is 3.65. The quantitative estimate of drug-likeness (QED) is 0.694. The fraction of sp³-hybridized carbons (Fsp3) is 0.391. The number of aryl methyl sites for hydroxylation is 1. The molecule has 1 N–H and O–H groups in total. The zero-order valence-corrected chi connectivity index (χ0v) is 16.4. The number of benzene rings is 2. The highest BCUT2D eigenvalue weighted by Crippen LogP contribution is 2.29. The second-order valence-electron chi connectivity index (χ2n) is 7.29. The van der Waals surface area contributed by atoms with Crippen LogP contribution in [0.4, 0.5) is 5.69 Å². The molecule has 2 aromatic rings. The van der Waals surface area contributed by atoms with Crippen molar-refractivity contribution >= 4 is 11.7 Å². The molecule has 0 radical (unpaired) electrons. The third-order valence-corrected chi connectivity index (χ3v) is 4.89. The van der Waals surface area contributed by atoms with Gasteiger partial charge in [0.2, 0.25) is 0 Å². The van der Waals surface area contributed by atoms with E-state index >= 15 is 0 Å². The first-order chi connectivity index (χ1) is 13.5. The van der Waals surface area contributed by atoms with Crippen molar-refractivity contribution in [3.63, 3.8) is 0 Å². The number of anilines is 1. The van der Waals surface area contributed by atoms with Crippen molar-refractivity contribution in [3.8, 4) is 11.8 Å². The number of ether oxygens (including phenoxy) is 2. The van der Waals surface area contributed by atoms with Crippen molar-refractivity contribution in [1.29, 1.82) is 5.26 Å². The summed E-state index contributed by atoms with van der Waals surface area (Å²) < 4.78 is 11.5. The summed E-state index contributed by atoms with van der Waals surface area (Å²) in [5.41, 5.74) is 3.55. The lowest BCUT2D eigenvalue weighted by atomic mass is 10.0. The summed E-state index contributed by atoms with van der Waals surface area (Å²) in [7, 11) is 0. The molecule has 3 rings (SSSR count). The standard InChI is InChI=1S/C23H26N2O3/c1-16-11-19(13-22(12-16)28-21-5-3-4-6-21)23(15-27-17(2)26)25-20-9-7-18(14-24)8-10-20/h7-13,21,23,25H,3-6,15H2,1-2H3. The van der Waals surface area contributed by atoms with Crippen LogP contribution in [0.3, 0.4) is 0 Å². The minimum absolute atomic E-state index is 0.210. The number of hydrogen-bond acceptors (Lipinski definition) is 5. The molecule has 0 amide bonds. The number of carbonyl (C=O) groups excluding carboxylic acids is 1. The number of rotatable bonds is 7. The normalized spacial score (nSPS) is 14.9. The number of carbonyl (C=O) groups is 1. The van der Waals surface area contributed by atoms with Crippen LogP contribution in [0.25, 0.3) is 0 Å². The van der Waals surface area contributed by atoms with Gasteiger partial charge >= 0.3 is 5.97 Å². The minimum atomic E-state index is -0.318. The SMILES string of the molecule is CC(=O)OCC(Nc1ccc(C#N)cc1)c1cc(C)cc(OC2CCCC2)c1. The molecule has 0 aliphatic heterocycles. The molecule has 1 unspecified atom stereocenters. The second-order valence-corrected chi connectivity index (χ2v) is 7.29. The Morgan fingerprint density at radius 1 is 1.21 bits per heavy atom. The second kappa shape index (κ2) is 9.27. The molecule has 5 heteroatoms. The third kappa shape index (κ3) is 5.50. The molecule has 5 nitrogen and oxygen atoms in total. The first-order valence-corrected chi connectivity index (χ1v) is 9.72. The monoisotopic (exact) mass is 378 g/mol. The average Bonchev–Trinajstić information content (AvgIpc) is 3.18. The summed E-state index contributed by atoms with van der Waals surface area (Å²) in [5, 5.41) is 12.4. The van der Waals surface area contributed by atoms with Crippen LogP contribution in [0.15, 0.2) is 42.5 Å². The molecule has 1 saturated carbocycles. The molecular weight excluding hydrogens is 352 g/mol. The van der Waals surface area contributed by atoms with Crippen LogP contribution >= 0.6 is 0 Å². The lowest BCUT2D eigenvalue weighted by Crippen LogP contribution is -2.19. The van der Waals surface area contributed by atoms with E-state index < -0.39 is 0 Å². The Hall–Kier alpha value is -3.00. The molecule has 0 bridgehead atoms. The van der Waals surface area contributed by atoms with E-state index in [4.69, 9.17) is 14.7 Å². The third-order valence-electron chi connectivity index (χ3n) is 4.89. The Bertz CT molecular complexity index is 849.